The molecule has 0 radical (unpaired) electrons. The molecule has 0 aliphatic carbocycles. The summed E-state index contributed by atoms with van der Waals surface area (Å²) < 4.78 is 26.4. The molecular formula is C9H9F2N5. The van der Waals surface area contributed by atoms with Gasteiger partial charge >= 0.3 is 0 Å². The van der Waals surface area contributed by atoms with Gasteiger partial charge < -0.3 is 11.1 Å². The van der Waals surface area contributed by atoms with Crippen molar-refractivity contribution in [3.8, 4) is 0 Å². The zero-order valence-corrected chi connectivity index (χ0v) is 8.17. The molecule has 84 valence electrons. The number of aromatic nitrogens is 3. The minimum absolute atomic E-state index is 0.0458. The molecule has 0 spiro atoms. The topological polar surface area (TPSA) is 79.6 Å². The Morgan fingerprint density at radius 1 is 1.31 bits per heavy atom. The average Bonchev–Trinajstić information content (AvgIpc) is 2.63. The molecule has 5 nitrogen and oxygen atoms in total. The molecule has 0 saturated carbocycles. The van der Waals surface area contributed by atoms with Crippen LogP contribution < -0.4 is 11.1 Å². The second kappa shape index (κ2) is 4.13. The lowest BCUT2D eigenvalue weighted by molar-refractivity contribution is 0.559. The number of rotatable bonds is 3. The van der Waals surface area contributed by atoms with Gasteiger partial charge in [0, 0.05) is 12.1 Å². The summed E-state index contributed by atoms with van der Waals surface area (Å²) in [7, 11) is 0. The number of nitrogen functional groups attached to an aromatic ring is 1. The molecule has 1 heterocycles. The van der Waals surface area contributed by atoms with E-state index in [4.69, 9.17) is 5.73 Å². The van der Waals surface area contributed by atoms with Gasteiger partial charge in [-0.25, -0.2) is 13.9 Å². The van der Waals surface area contributed by atoms with Crippen LogP contribution in [0.3, 0.4) is 0 Å². The fourth-order valence-electron chi connectivity index (χ4n) is 1.22. The lowest BCUT2D eigenvalue weighted by Crippen LogP contribution is -2.05. The molecule has 1 aromatic heterocycles. The lowest BCUT2D eigenvalue weighted by atomic mass is 10.2. The Morgan fingerprint density at radius 2 is 2.00 bits per heavy atom. The molecule has 0 saturated heterocycles. The molecule has 16 heavy (non-hydrogen) atoms. The molecule has 2 aromatic rings. The molecule has 0 bridgehead atoms. The standard InChI is InChI=1S/C9H9F2N5/c10-6-2-1-3-7(11)5(6)4-13-9-14-8(12)15-16-9/h1-3H,4H2,(H4,12,13,14,15,16). The SMILES string of the molecule is Nc1nc(NCc2c(F)cccc2F)n[nH]1. The second-order valence-corrected chi connectivity index (χ2v) is 3.10. The van der Waals surface area contributed by atoms with E-state index in [9.17, 15) is 8.78 Å². The Labute approximate surface area is 89.7 Å². The normalized spacial score (nSPS) is 10.4. The number of benzene rings is 1. The monoisotopic (exact) mass is 225 g/mol. The van der Waals surface area contributed by atoms with Crippen LogP contribution in [0, 0.1) is 11.6 Å². The molecule has 0 aliphatic heterocycles. The van der Waals surface area contributed by atoms with Crippen LogP contribution >= 0.6 is 0 Å². The van der Waals surface area contributed by atoms with Crippen LogP contribution in [0.2, 0.25) is 0 Å². The van der Waals surface area contributed by atoms with Gasteiger partial charge in [0.1, 0.15) is 11.6 Å². The van der Waals surface area contributed by atoms with Gasteiger partial charge in [0.25, 0.3) is 0 Å². The van der Waals surface area contributed by atoms with Gasteiger partial charge in [0.2, 0.25) is 11.9 Å². The maximum Gasteiger partial charge on any atom is 0.243 e. The van der Waals surface area contributed by atoms with Crippen LogP contribution in [0.15, 0.2) is 18.2 Å². The molecular weight excluding hydrogens is 216 g/mol. The van der Waals surface area contributed by atoms with Crippen molar-refractivity contribution in [2.75, 3.05) is 11.1 Å². The van der Waals surface area contributed by atoms with E-state index in [0.717, 1.165) is 0 Å². The van der Waals surface area contributed by atoms with Gasteiger partial charge in [0.15, 0.2) is 0 Å². The summed E-state index contributed by atoms with van der Waals surface area (Å²) in [6, 6.07) is 3.68. The summed E-state index contributed by atoms with van der Waals surface area (Å²) in [5.74, 6) is -0.899. The van der Waals surface area contributed by atoms with Gasteiger partial charge in [-0.05, 0) is 12.1 Å². The van der Waals surface area contributed by atoms with Gasteiger partial charge in [-0.15, -0.1) is 5.10 Å². The van der Waals surface area contributed by atoms with Crippen molar-refractivity contribution in [3.63, 3.8) is 0 Å². The summed E-state index contributed by atoms with van der Waals surface area (Å²) >= 11 is 0. The van der Waals surface area contributed by atoms with Crippen LogP contribution in [0.25, 0.3) is 0 Å². The summed E-state index contributed by atoms with van der Waals surface area (Å²) in [5.41, 5.74) is 5.23. The molecule has 0 fully saturated rings. The van der Waals surface area contributed by atoms with Gasteiger partial charge in [-0.1, -0.05) is 6.07 Å². The summed E-state index contributed by atoms with van der Waals surface area (Å²) in [5, 5.41) is 8.72. The number of anilines is 2. The highest BCUT2D eigenvalue weighted by Gasteiger charge is 2.08. The molecule has 0 unspecified atom stereocenters. The number of hydrogen-bond donors (Lipinski definition) is 3. The van der Waals surface area contributed by atoms with E-state index < -0.39 is 11.6 Å². The Hall–Kier alpha value is -2.18. The molecule has 4 N–H and O–H groups in total. The van der Waals surface area contributed by atoms with E-state index in [-0.39, 0.29) is 24.0 Å². The molecule has 7 heteroatoms. The number of hydrogen-bond acceptors (Lipinski definition) is 4. The maximum absolute atomic E-state index is 13.2. The summed E-state index contributed by atoms with van der Waals surface area (Å²) in [4.78, 5) is 3.74. The Morgan fingerprint density at radius 3 is 2.56 bits per heavy atom. The van der Waals surface area contributed by atoms with E-state index in [2.05, 4.69) is 20.5 Å². The van der Waals surface area contributed by atoms with E-state index in [1.807, 2.05) is 0 Å². The van der Waals surface area contributed by atoms with Gasteiger partial charge in [-0.3, -0.25) is 0 Å². The third-order valence-electron chi connectivity index (χ3n) is 1.99. The third-order valence-corrected chi connectivity index (χ3v) is 1.99. The lowest BCUT2D eigenvalue weighted by Gasteiger charge is -2.04. The third kappa shape index (κ3) is 2.08. The first kappa shape index (κ1) is 10.3. The first-order valence-corrected chi connectivity index (χ1v) is 4.51. The van der Waals surface area contributed by atoms with E-state index in [1.165, 1.54) is 18.2 Å². The van der Waals surface area contributed by atoms with Crippen molar-refractivity contribution in [2.24, 2.45) is 0 Å². The number of nitrogens with zero attached hydrogens (tertiary/aromatic N) is 2. The predicted molar refractivity (Wildman–Crippen MR) is 54.5 cm³/mol. The minimum Gasteiger partial charge on any atom is -0.368 e. The highest BCUT2D eigenvalue weighted by Crippen LogP contribution is 2.13. The van der Waals surface area contributed by atoms with E-state index in [0.29, 0.717) is 0 Å². The van der Waals surface area contributed by atoms with Crippen molar-refractivity contribution in [1.82, 2.24) is 15.2 Å². The number of aromatic amines is 1. The summed E-state index contributed by atoms with van der Waals surface area (Å²) in [6.45, 7) is -0.0458. The maximum atomic E-state index is 13.2. The zero-order chi connectivity index (χ0) is 11.5. The fourth-order valence-corrected chi connectivity index (χ4v) is 1.22. The highest BCUT2D eigenvalue weighted by molar-refractivity contribution is 5.32. The van der Waals surface area contributed by atoms with E-state index in [1.54, 1.807) is 0 Å². The second-order valence-electron chi connectivity index (χ2n) is 3.10. The highest BCUT2D eigenvalue weighted by atomic mass is 19.1. The predicted octanol–water partition coefficient (Wildman–Crippen LogP) is 1.28. The molecule has 0 aliphatic rings. The van der Waals surface area contributed by atoms with Crippen LogP contribution in [-0.4, -0.2) is 15.2 Å². The molecule has 2 rings (SSSR count). The van der Waals surface area contributed by atoms with Crippen LogP contribution in [0.4, 0.5) is 20.7 Å². The molecule has 0 amide bonds. The number of nitrogens with two attached hydrogens (primary N) is 1. The first-order chi connectivity index (χ1) is 7.66. The minimum atomic E-state index is -0.615. The average molecular weight is 225 g/mol. The van der Waals surface area contributed by atoms with Gasteiger partial charge in [0.05, 0.1) is 0 Å². The van der Waals surface area contributed by atoms with Crippen molar-refractivity contribution in [3.05, 3.63) is 35.4 Å². The quantitative estimate of drug-likeness (QED) is 0.735. The number of nitrogens with one attached hydrogen (secondary N) is 2. The molecule has 0 atom stereocenters. The van der Waals surface area contributed by atoms with Crippen molar-refractivity contribution in [2.45, 2.75) is 6.54 Å². The Bertz CT molecular complexity index is 476. The van der Waals surface area contributed by atoms with Crippen molar-refractivity contribution in [1.29, 1.82) is 0 Å². The van der Waals surface area contributed by atoms with Crippen LogP contribution in [0.5, 0.6) is 0 Å². The zero-order valence-electron chi connectivity index (χ0n) is 8.17. The van der Waals surface area contributed by atoms with Crippen LogP contribution in [0.1, 0.15) is 5.56 Å². The van der Waals surface area contributed by atoms with Crippen molar-refractivity contribution >= 4 is 11.9 Å². The van der Waals surface area contributed by atoms with Crippen LogP contribution in [-0.2, 0) is 6.54 Å². The smallest absolute Gasteiger partial charge is 0.243 e. The van der Waals surface area contributed by atoms with Gasteiger partial charge in [-0.2, -0.15) is 4.98 Å². The van der Waals surface area contributed by atoms with Crippen molar-refractivity contribution < 1.29 is 8.78 Å². The van der Waals surface area contributed by atoms with E-state index >= 15 is 0 Å². The fraction of sp³-hybridized carbons (Fsp3) is 0.111. The summed E-state index contributed by atoms with van der Waals surface area (Å²) in [6.07, 6.45) is 0. The molecule has 1 aromatic carbocycles. The first-order valence-electron chi connectivity index (χ1n) is 4.51. The largest absolute Gasteiger partial charge is 0.368 e. The Balaban J connectivity index is 2.10. The Kier molecular flexibility index (Phi) is 2.67. The number of H-pyrrole nitrogens is 1. The number of halogens is 2.